The molecule has 7 rings (SSSR count). The lowest BCUT2D eigenvalue weighted by Crippen LogP contribution is -1.93. The largest absolute Gasteiger partial charge is 0.454 e. The van der Waals surface area contributed by atoms with Crippen molar-refractivity contribution in [2.75, 3.05) is 6.79 Å². The molecule has 5 heteroatoms. The molecule has 6 aromatic carbocycles. The lowest BCUT2D eigenvalue weighted by Gasteiger charge is -2.12. The lowest BCUT2D eigenvalue weighted by atomic mass is 9.93. The van der Waals surface area contributed by atoms with Gasteiger partial charge in [0.15, 0.2) is 11.5 Å². The normalized spacial score (nSPS) is 12.5. The highest BCUT2D eigenvalue weighted by Gasteiger charge is 2.13. The van der Waals surface area contributed by atoms with Crippen molar-refractivity contribution in [2.24, 2.45) is 10.2 Å². The van der Waals surface area contributed by atoms with Gasteiger partial charge in [-0.15, -0.1) is 0 Å². The summed E-state index contributed by atoms with van der Waals surface area (Å²) in [6.07, 6.45) is 5.60. The number of fused-ring (bicyclic) bond motifs is 2. The van der Waals surface area contributed by atoms with Crippen molar-refractivity contribution < 1.29 is 13.9 Å². The van der Waals surface area contributed by atoms with Crippen molar-refractivity contribution in [2.45, 2.75) is 26.7 Å². The Kier molecular flexibility index (Phi) is 8.13. The fourth-order valence-corrected chi connectivity index (χ4v) is 5.87. The van der Waals surface area contributed by atoms with E-state index in [9.17, 15) is 0 Å². The summed E-state index contributed by atoms with van der Waals surface area (Å²) in [7, 11) is 0. The summed E-state index contributed by atoms with van der Waals surface area (Å²) in [4.78, 5) is 0. The second kappa shape index (κ2) is 12.8. The van der Waals surface area contributed by atoms with Crippen LogP contribution in [0.1, 0.15) is 35.6 Å². The predicted octanol–water partition coefficient (Wildman–Crippen LogP) is 10.4. The maximum atomic E-state index is 15.5. The van der Waals surface area contributed by atoms with Gasteiger partial charge in [-0.3, -0.25) is 0 Å². The fourth-order valence-electron chi connectivity index (χ4n) is 5.87. The Morgan fingerprint density at radius 1 is 0.630 bits per heavy atom. The van der Waals surface area contributed by atoms with Crippen molar-refractivity contribution >= 4 is 23.2 Å². The molecule has 1 aliphatic rings. The summed E-state index contributed by atoms with van der Waals surface area (Å²) in [5.41, 5.74) is 9.37. The van der Waals surface area contributed by atoms with Crippen LogP contribution in [0.15, 0.2) is 125 Å². The Balaban J connectivity index is 1.24. The average Bonchev–Trinajstić information content (AvgIpc) is 3.55. The van der Waals surface area contributed by atoms with E-state index in [0.29, 0.717) is 11.3 Å². The summed E-state index contributed by atoms with van der Waals surface area (Å²) in [6.45, 7) is 4.45. The van der Waals surface area contributed by atoms with Crippen molar-refractivity contribution in [1.29, 1.82) is 0 Å². The summed E-state index contributed by atoms with van der Waals surface area (Å²) in [5.74, 6) is 1.14. The summed E-state index contributed by atoms with van der Waals surface area (Å²) in [6, 6.07) is 38.4. The molecule has 4 nitrogen and oxygen atoms in total. The predicted molar refractivity (Wildman–Crippen MR) is 187 cm³/mol. The van der Waals surface area contributed by atoms with E-state index in [2.05, 4.69) is 65.7 Å². The number of hydrogen-bond acceptors (Lipinski definition) is 4. The van der Waals surface area contributed by atoms with E-state index in [-0.39, 0.29) is 12.6 Å². The third kappa shape index (κ3) is 6.18. The zero-order chi connectivity index (χ0) is 31.5. The van der Waals surface area contributed by atoms with E-state index in [1.807, 2.05) is 67.6 Å². The monoisotopic (exact) mass is 604 g/mol. The molecule has 0 atom stereocenters. The molecule has 0 saturated carbocycles. The Hall–Kier alpha value is -5.55. The molecule has 0 radical (unpaired) electrons. The van der Waals surface area contributed by atoms with Crippen LogP contribution >= 0.6 is 0 Å². The SMILES string of the molecule is CCCc1ccc2cc(-c3ccc(-c4ccc(-c5ccc(C)cc5)c(F)c4)c(/C=N/N=C/c4ccc5c(c4)OCO5)c3)ccc2c1. The van der Waals surface area contributed by atoms with E-state index in [1.165, 1.54) is 16.3 Å². The minimum absolute atomic E-state index is 0.219. The van der Waals surface area contributed by atoms with Crippen LogP contribution in [0.3, 0.4) is 0 Å². The first-order valence-electron chi connectivity index (χ1n) is 15.5. The molecule has 0 aromatic heterocycles. The van der Waals surface area contributed by atoms with Crippen molar-refractivity contribution in [3.05, 3.63) is 143 Å². The van der Waals surface area contributed by atoms with Crippen molar-refractivity contribution in [3.8, 4) is 44.9 Å². The third-order valence-corrected chi connectivity index (χ3v) is 8.34. The van der Waals surface area contributed by atoms with Gasteiger partial charge in [-0.05, 0) is 99.5 Å². The van der Waals surface area contributed by atoms with Crippen LogP contribution in [-0.4, -0.2) is 19.2 Å². The maximum absolute atomic E-state index is 15.5. The van der Waals surface area contributed by atoms with Crippen LogP contribution in [0.5, 0.6) is 11.5 Å². The minimum atomic E-state index is -0.272. The van der Waals surface area contributed by atoms with E-state index >= 15 is 4.39 Å². The fraction of sp³-hybridized carbons (Fsp3) is 0.122. The van der Waals surface area contributed by atoms with Gasteiger partial charge in [0.25, 0.3) is 0 Å². The molecule has 46 heavy (non-hydrogen) atoms. The summed E-state index contributed by atoms with van der Waals surface area (Å²) in [5, 5.41) is 11.1. The highest BCUT2D eigenvalue weighted by molar-refractivity contribution is 5.95. The van der Waals surface area contributed by atoms with Gasteiger partial charge in [0.05, 0.1) is 12.4 Å². The molecule has 0 N–H and O–H groups in total. The second-order valence-electron chi connectivity index (χ2n) is 11.6. The third-order valence-electron chi connectivity index (χ3n) is 8.34. The molecule has 1 aliphatic heterocycles. The van der Waals surface area contributed by atoms with Crippen LogP contribution in [0.2, 0.25) is 0 Å². The van der Waals surface area contributed by atoms with Gasteiger partial charge in [0, 0.05) is 11.1 Å². The molecule has 0 unspecified atom stereocenters. The van der Waals surface area contributed by atoms with Crippen molar-refractivity contribution in [3.63, 3.8) is 0 Å². The van der Waals surface area contributed by atoms with E-state index in [1.54, 1.807) is 18.5 Å². The van der Waals surface area contributed by atoms with Crippen LogP contribution in [0, 0.1) is 12.7 Å². The number of benzene rings is 6. The zero-order valence-electron chi connectivity index (χ0n) is 25.8. The van der Waals surface area contributed by atoms with Crippen molar-refractivity contribution in [1.82, 2.24) is 0 Å². The van der Waals surface area contributed by atoms with Gasteiger partial charge in [-0.25, -0.2) is 4.39 Å². The molecular formula is C41H33FN2O2. The van der Waals surface area contributed by atoms with Gasteiger partial charge < -0.3 is 9.47 Å². The Bertz CT molecular complexity index is 2120. The summed E-state index contributed by atoms with van der Waals surface area (Å²) < 4.78 is 26.4. The van der Waals surface area contributed by atoms with Crippen LogP contribution in [-0.2, 0) is 6.42 Å². The highest BCUT2D eigenvalue weighted by atomic mass is 19.1. The molecule has 226 valence electrons. The Morgan fingerprint density at radius 3 is 2.17 bits per heavy atom. The maximum Gasteiger partial charge on any atom is 0.231 e. The van der Waals surface area contributed by atoms with Gasteiger partial charge in [-0.1, -0.05) is 97.8 Å². The number of rotatable bonds is 8. The topological polar surface area (TPSA) is 43.2 Å². The molecule has 0 spiro atoms. The molecule has 0 saturated heterocycles. The molecular weight excluding hydrogens is 571 g/mol. The van der Waals surface area contributed by atoms with Gasteiger partial charge >= 0.3 is 0 Å². The number of ether oxygens (including phenoxy) is 2. The van der Waals surface area contributed by atoms with E-state index < -0.39 is 0 Å². The van der Waals surface area contributed by atoms with Crippen LogP contribution < -0.4 is 9.47 Å². The minimum Gasteiger partial charge on any atom is -0.454 e. The van der Waals surface area contributed by atoms with Gasteiger partial charge in [-0.2, -0.15) is 10.2 Å². The van der Waals surface area contributed by atoms with Crippen LogP contribution in [0.25, 0.3) is 44.2 Å². The first kappa shape index (κ1) is 29.2. The number of halogens is 1. The molecule has 0 fully saturated rings. The van der Waals surface area contributed by atoms with Gasteiger partial charge in [0.1, 0.15) is 5.82 Å². The molecule has 0 aliphatic carbocycles. The average molecular weight is 605 g/mol. The number of nitrogens with zero attached hydrogens (tertiary/aromatic N) is 2. The second-order valence-corrected chi connectivity index (χ2v) is 11.6. The molecule has 0 amide bonds. The van der Waals surface area contributed by atoms with E-state index in [0.717, 1.165) is 63.1 Å². The molecule has 6 aromatic rings. The van der Waals surface area contributed by atoms with Gasteiger partial charge in [0.2, 0.25) is 6.79 Å². The first-order chi connectivity index (χ1) is 22.5. The standard InChI is InChI=1S/C41H33FN2O2/c1-3-4-28-7-11-32-21-33(13-12-31(32)19-28)34-14-16-37(35-15-17-38(39(42)23-35)30-9-5-27(2)6-10-30)36(22-34)25-44-43-24-29-8-18-40-41(20-29)46-26-45-40/h5-25H,3-4,26H2,1-2H3/b43-24+,44-25+. The number of aryl methyl sites for hydroxylation is 2. The number of hydrogen-bond donors (Lipinski definition) is 0. The molecule has 1 heterocycles. The molecule has 0 bridgehead atoms. The Morgan fingerprint density at radius 2 is 1.33 bits per heavy atom. The quantitative estimate of drug-likeness (QED) is 0.128. The highest BCUT2D eigenvalue weighted by Crippen LogP contribution is 2.34. The zero-order valence-corrected chi connectivity index (χ0v) is 25.8. The summed E-state index contributed by atoms with van der Waals surface area (Å²) >= 11 is 0. The lowest BCUT2D eigenvalue weighted by molar-refractivity contribution is 0.174. The Labute approximate surface area is 268 Å². The van der Waals surface area contributed by atoms with Crippen LogP contribution in [0.4, 0.5) is 4.39 Å². The van der Waals surface area contributed by atoms with E-state index in [4.69, 9.17) is 9.47 Å². The first-order valence-corrected chi connectivity index (χ1v) is 15.5. The smallest absolute Gasteiger partial charge is 0.231 e.